The molecule has 0 aliphatic carbocycles. The van der Waals surface area contributed by atoms with Gasteiger partial charge in [-0.25, -0.2) is 4.98 Å². The Labute approximate surface area is 120 Å². The molecule has 1 unspecified atom stereocenters. The first kappa shape index (κ1) is 13.6. The van der Waals surface area contributed by atoms with Gasteiger partial charge in [0.2, 0.25) is 5.95 Å². The van der Waals surface area contributed by atoms with E-state index in [0.29, 0.717) is 12.6 Å². The van der Waals surface area contributed by atoms with Crippen LogP contribution < -0.4 is 9.80 Å². The average Bonchev–Trinajstić information content (AvgIpc) is 2.79. The minimum absolute atomic E-state index is 0.243. The van der Waals surface area contributed by atoms with Crippen molar-refractivity contribution >= 4 is 11.8 Å². The SMILES string of the molecule is CC1C[C@@H](O)CN1c1ccnc(N2CCN(C)CC2)n1. The van der Waals surface area contributed by atoms with Crippen molar-refractivity contribution < 1.29 is 5.11 Å². The lowest BCUT2D eigenvalue weighted by Crippen LogP contribution is -2.45. The van der Waals surface area contributed by atoms with Gasteiger partial charge in [-0.15, -0.1) is 0 Å². The Bertz CT molecular complexity index is 461. The molecule has 110 valence electrons. The molecule has 3 heterocycles. The predicted octanol–water partition coefficient (Wildman–Crippen LogP) is 0.188. The summed E-state index contributed by atoms with van der Waals surface area (Å²) < 4.78 is 0. The van der Waals surface area contributed by atoms with Crippen molar-refractivity contribution in [2.24, 2.45) is 0 Å². The number of piperazine rings is 1. The zero-order chi connectivity index (χ0) is 14.1. The molecule has 1 aromatic rings. The average molecular weight is 277 g/mol. The molecule has 0 radical (unpaired) electrons. The van der Waals surface area contributed by atoms with Crippen molar-refractivity contribution in [2.45, 2.75) is 25.5 Å². The van der Waals surface area contributed by atoms with Gasteiger partial charge in [0.05, 0.1) is 6.10 Å². The molecule has 1 aromatic heterocycles. The zero-order valence-corrected chi connectivity index (χ0v) is 12.2. The molecule has 3 rings (SSSR count). The number of β-amino-alcohol motifs (C(OH)–C–C–N with tert-alkyl or cyclic N) is 1. The van der Waals surface area contributed by atoms with Gasteiger partial charge < -0.3 is 19.8 Å². The van der Waals surface area contributed by atoms with E-state index in [1.165, 1.54) is 0 Å². The summed E-state index contributed by atoms with van der Waals surface area (Å²) in [6, 6.07) is 2.27. The normalized spacial score (nSPS) is 28.1. The van der Waals surface area contributed by atoms with E-state index in [1.807, 2.05) is 12.3 Å². The van der Waals surface area contributed by atoms with E-state index < -0.39 is 0 Å². The highest BCUT2D eigenvalue weighted by Gasteiger charge is 2.29. The smallest absolute Gasteiger partial charge is 0.227 e. The van der Waals surface area contributed by atoms with Gasteiger partial charge in [-0.3, -0.25) is 0 Å². The van der Waals surface area contributed by atoms with Gasteiger partial charge in [0.1, 0.15) is 5.82 Å². The van der Waals surface area contributed by atoms with Gasteiger partial charge in [0.25, 0.3) is 0 Å². The highest BCUT2D eigenvalue weighted by atomic mass is 16.3. The second-order valence-electron chi connectivity index (χ2n) is 5.90. The third-order valence-corrected chi connectivity index (χ3v) is 4.26. The van der Waals surface area contributed by atoms with Crippen LogP contribution in [0.15, 0.2) is 12.3 Å². The molecular weight excluding hydrogens is 254 g/mol. The molecule has 2 fully saturated rings. The molecule has 2 saturated heterocycles. The first-order chi connectivity index (χ1) is 9.63. The Hall–Kier alpha value is -1.40. The standard InChI is InChI=1S/C14H23N5O/c1-11-9-12(20)10-19(11)13-3-4-15-14(16-13)18-7-5-17(2)6-8-18/h3-4,11-12,20H,5-10H2,1-2H3/t11?,12-/m1/s1. The van der Waals surface area contributed by atoms with Gasteiger partial charge in [-0.2, -0.15) is 4.98 Å². The molecule has 0 saturated carbocycles. The van der Waals surface area contributed by atoms with E-state index >= 15 is 0 Å². The van der Waals surface area contributed by atoms with Crippen LogP contribution in [-0.2, 0) is 0 Å². The highest BCUT2D eigenvalue weighted by molar-refractivity contribution is 5.46. The van der Waals surface area contributed by atoms with Gasteiger partial charge >= 0.3 is 0 Å². The van der Waals surface area contributed by atoms with Crippen molar-refractivity contribution in [1.29, 1.82) is 0 Å². The number of aliphatic hydroxyl groups excluding tert-OH is 1. The molecule has 2 aliphatic heterocycles. The van der Waals surface area contributed by atoms with Crippen molar-refractivity contribution in [2.75, 3.05) is 49.6 Å². The van der Waals surface area contributed by atoms with E-state index in [1.54, 1.807) is 0 Å². The molecule has 6 nitrogen and oxygen atoms in total. The maximum Gasteiger partial charge on any atom is 0.227 e. The molecular formula is C14H23N5O. The van der Waals surface area contributed by atoms with Crippen molar-refractivity contribution in [1.82, 2.24) is 14.9 Å². The first-order valence-corrected chi connectivity index (χ1v) is 7.35. The number of nitrogens with zero attached hydrogens (tertiary/aromatic N) is 5. The lowest BCUT2D eigenvalue weighted by atomic mass is 10.2. The quantitative estimate of drug-likeness (QED) is 0.833. The number of hydrogen-bond donors (Lipinski definition) is 1. The molecule has 0 spiro atoms. The Balaban J connectivity index is 1.76. The summed E-state index contributed by atoms with van der Waals surface area (Å²) in [7, 11) is 2.14. The fourth-order valence-corrected chi connectivity index (χ4v) is 2.98. The van der Waals surface area contributed by atoms with Crippen LogP contribution in [0, 0.1) is 0 Å². The predicted molar refractivity (Wildman–Crippen MR) is 79.2 cm³/mol. The lowest BCUT2D eigenvalue weighted by molar-refractivity contribution is 0.195. The summed E-state index contributed by atoms with van der Waals surface area (Å²) in [5.41, 5.74) is 0. The minimum atomic E-state index is -0.243. The van der Waals surface area contributed by atoms with Crippen LogP contribution in [0.2, 0.25) is 0 Å². The van der Waals surface area contributed by atoms with E-state index in [-0.39, 0.29) is 6.10 Å². The minimum Gasteiger partial charge on any atom is -0.391 e. The molecule has 2 atom stereocenters. The summed E-state index contributed by atoms with van der Waals surface area (Å²) in [6.45, 7) is 6.84. The van der Waals surface area contributed by atoms with Crippen molar-refractivity contribution in [3.8, 4) is 0 Å². The fourth-order valence-electron chi connectivity index (χ4n) is 2.98. The van der Waals surface area contributed by atoms with Gasteiger partial charge in [-0.05, 0) is 26.5 Å². The summed E-state index contributed by atoms with van der Waals surface area (Å²) in [4.78, 5) is 15.8. The van der Waals surface area contributed by atoms with Crippen LogP contribution in [0.3, 0.4) is 0 Å². The maximum absolute atomic E-state index is 9.78. The Kier molecular flexibility index (Phi) is 3.76. The molecule has 6 heteroatoms. The third-order valence-electron chi connectivity index (χ3n) is 4.26. The summed E-state index contributed by atoms with van der Waals surface area (Å²) >= 11 is 0. The largest absolute Gasteiger partial charge is 0.391 e. The Morgan fingerprint density at radius 2 is 2.00 bits per heavy atom. The van der Waals surface area contributed by atoms with Crippen LogP contribution in [0.5, 0.6) is 0 Å². The van der Waals surface area contributed by atoms with E-state index in [2.05, 4.69) is 33.7 Å². The first-order valence-electron chi connectivity index (χ1n) is 7.35. The Morgan fingerprint density at radius 1 is 1.25 bits per heavy atom. The van der Waals surface area contributed by atoms with E-state index in [0.717, 1.165) is 44.4 Å². The number of aliphatic hydroxyl groups is 1. The van der Waals surface area contributed by atoms with Crippen LogP contribution in [0.25, 0.3) is 0 Å². The van der Waals surface area contributed by atoms with Crippen LogP contribution in [0.1, 0.15) is 13.3 Å². The third kappa shape index (κ3) is 2.71. The fraction of sp³-hybridized carbons (Fsp3) is 0.714. The lowest BCUT2D eigenvalue weighted by Gasteiger charge is -2.33. The number of anilines is 2. The van der Waals surface area contributed by atoms with Crippen LogP contribution >= 0.6 is 0 Å². The second kappa shape index (κ2) is 5.54. The maximum atomic E-state index is 9.78. The number of rotatable bonds is 2. The van der Waals surface area contributed by atoms with E-state index in [4.69, 9.17) is 4.98 Å². The van der Waals surface area contributed by atoms with E-state index in [9.17, 15) is 5.11 Å². The van der Waals surface area contributed by atoms with Crippen molar-refractivity contribution in [3.05, 3.63) is 12.3 Å². The number of likely N-dealkylation sites (N-methyl/N-ethyl adjacent to an activating group) is 1. The molecule has 2 aliphatic rings. The van der Waals surface area contributed by atoms with Crippen molar-refractivity contribution in [3.63, 3.8) is 0 Å². The summed E-state index contributed by atoms with van der Waals surface area (Å²) in [5, 5.41) is 9.78. The molecule has 0 bridgehead atoms. The molecule has 0 amide bonds. The second-order valence-corrected chi connectivity index (χ2v) is 5.90. The highest BCUT2D eigenvalue weighted by Crippen LogP contribution is 2.25. The number of hydrogen-bond acceptors (Lipinski definition) is 6. The van der Waals surface area contributed by atoms with Gasteiger partial charge in [0, 0.05) is 45.0 Å². The Morgan fingerprint density at radius 3 is 2.65 bits per heavy atom. The molecule has 0 aromatic carbocycles. The van der Waals surface area contributed by atoms with Crippen LogP contribution in [0.4, 0.5) is 11.8 Å². The number of aromatic nitrogens is 2. The van der Waals surface area contributed by atoms with Crippen LogP contribution in [-0.4, -0.2) is 71.9 Å². The van der Waals surface area contributed by atoms with Gasteiger partial charge in [0.15, 0.2) is 0 Å². The molecule has 1 N–H and O–H groups in total. The molecule has 20 heavy (non-hydrogen) atoms. The summed E-state index contributed by atoms with van der Waals surface area (Å²) in [6.07, 6.45) is 2.40. The summed E-state index contributed by atoms with van der Waals surface area (Å²) in [5.74, 6) is 1.74. The monoisotopic (exact) mass is 277 g/mol. The topological polar surface area (TPSA) is 55.7 Å². The zero-order valence-electron chi connectivity index (χ0n) is 12.2. The van der Waals surface area contributed by atoms with Gasteiger partial charge in [-0.1, -0.05) is 0 Å².